The van der Waals surface area contributed by atoms with E-state index in [1.54, 1.807) is 0 Å². The summed E-state index contributed by atoms with van der Waals surface area (Å²) in [6.45, 7) is 0. The van der Waals surface area contributed by atoms with Gasteiger partial charge in [0, 0.05) is 6.07 Å². The lowest BCUT2D eigenvalue weighted by Crippen LogP contribution is -2.15. The third-order valence-corrected chi connectivity index (χ3v) is 4.78. The maximum atomic E-state index is 13.4. The van der Waals surface area contributed by atoms with Gasteiger partial charge in [0.15, 0.2) is 0 Å². The molecule has 0 saturated heterocycles. The molecule has 2 aromatic rings. The largest absolute Gasteiger partial charge is 0.497 e. The van der Waals surface area contributed by atoms with Crippen LogP contribution in [0.3, 0.4) is 0 Å². The minimum absolute atomic E-state index is 0.0411. The van der Waals surface area contributed by atoms with E-state index in [1.165, 1.54) is 37.4 Å². The van der Waals surface area contributed by atoms with Crippen molar-refractivity contribution in [3.05, 3.63) is 46.7 Å². The van der Waals surface area contributed by atoms with Crippen LogP contribution in [0.25, 0.3) is 0 Å². The summed E-state index contributed by atoms with van der Waals surface area (Å²) >= 11 is 3.00. The number of nitrogens with one attached hydrogen (secondary N) is 1. The summed E-state index contributed by atoms with van der Waals surface area (Å²) < 4.78 is 45.4. The van der Waals surface area contributed by atoms with Crippen LogP contribution in [0.4, 0.5) is 15.8 Å². The Morgan fingerprint density at radius 3 is 2.52 bits per heavy atom. The summed E-state index contributed by atoms with van der Waals surface area (Å²) in [5.41, 5.74) is 5.85. The highest BCUT2D eigenvalue weighted by atomic mass is 79.9. The zero-order valence-electron chi connectivity index (χ0n) is 10.9. The predicted molar refractivity (Wildman–Crippen MR) is 82.3 cm³/mol. The van der Waals surface area contributed by atoms with E-state index >= 15 is 0 Å². The second-order valence-electron chi connectivity index (χ2n) is 4.14. The van der Waals surface area contributed by atoms with E-state index in [1.807, 2.05) is 0 Å². The summed E-state index contributed by atoms with van der Waals surface area (Å²) in [7, 11) is -2.46. The molecule has 0 radical (unpaired) electrons. The highest BCUT2D eigenvalue weighted by molar-refractivity contribution is 9.10. The molecular weight excluding hydrogens is 363 g/mol. The standard InChI is InChI=1S/C13H12BrFN2O3S/c1-20-9-3-5-13(12(16)7-9)21(18,19)17-8-2-4-10(14)11(15)6-8/h2-7,17H,16H2,1H3. The van der Waals surface area contributed by atoms with Crippen molar-refractivity contribution >= 4 is 37.3 Å². The Labute approximate surface area is 130 Å². The highest BCUT2D eigenvalue weighted by Gasteiger charge is 2.18. The van der Waals surface area contributed by atoms with Crippen LogP contribution in [0, 0.1) is 5.82 Å². The SMILES string of the molecule is COc1ccc(S(=O)(=O)Nc2ccc(Br)c(F)c2)c(N)c1. The number of methoxy groups -OCH3 is 1. The smallest absolute Gasteiger partial charge is 0.263 e. The summed E-state index contributed by atoms with van der Waals surface area (Å²) in [4.78, 5) is -0.105. The van der Waals surface area contributed by atoms with E-state index in [4.69, 9.17) is 10.5 Å². The fourth-order valence-corrected chi connectivity index (χ4v) is 3.08. The number of rotatable bonds is 4. The van der Waals surface area contributed by atoms with Crippen LogP contribution in [0.5, 0.6) is 5.75 Å². The van der Waals surface area contributed by atoms with Gasteiger partial charge >= 0.3 is 0 Å². The number of hydrogen-bond acceptors (Lipinski definition) is 4. The molecule has 2 aromatic carbocycles. The highest BCUT2D eigenvalue weighted by Crippen LogP contribution is 2.26. The van der Waals surface area contributed by atoms with Gasteiger partial charge in [-0.3, -0.25) is 4.72 Å². The van der Waals surface area contributed by atoms with E-state index in [9.17, 15) is 12.8 Å². The number of sulfonamides is 1. The first kappa shape index (κ1) is 15.6. The van der Waals surface area contributed by atoms with Gasteiger partial charge in [-0.15, -0.1) is 0 Å². The van der Waals surface area contributed by atoms with Gasteiger partial charge in [-0.2, -0.15) is 0 Å². The fraction of sp³-hybridized carbons (Fsp3) is 0.0769. The molecule has 0 unspecified atom stereocenters. The Morgan fingerprint density at radius 2 is 1.95 bits per heavy atom. The van der Waals surface area contributed by atoms with E-state index in [0.717, 1.165) is 6.07 Å². The summed E-state index contributed by atoms with van der Waals surface area (Å²) in [6.07, 6.45) is 0. The topological polar surface area (TPSA) is 81.4 Å². The molecule has 0 aliphatic rings. The van der Waals surface area contributed by atoms with Crippen LogP contribution in [0.2, 0.25) is 0 Å². The van der Waals surface area contributed by atoms with E-state index in [2.05, 4.69) is 20.7 Å². The molecule has 8 heteroatoms. The second-order valence-corrected chi connectivity index (χ2v) is 6.64. The van der Waals surface area contributed by atoms with Crippen LogP contribution in [0.1, 0.15) is 0 Å². The van der Waals surface area contributed by atoms with Crippen molar-refractivity contribution in [1.29, 1.82) is 0 Å². The van der Waals surface area contributed by atoms with Crippen molar-refractivity contribution in [2.45, 2.75) is 4.90 Å². The van der Waals surface area contributed by atoms with Crippen LogP contribution in [-0.2, 0) is 10.0 Å². The third-order valence-electron chi connectivity index (χ3n) is 2.68. The molecule has 112 valence electrons. The van der Waals surface area contributed by atoms with E-state index in [0.29, 0.717) is 5.75 Å². The first-order valence-electron chi connectivity index (χ1n) is 5.75. The van der Waals surface area contributed by atoms with Gasteiger partial charge in [-0.1, -0.05) is 0 Å². The number of nitrogens with two attached hydrogens (primary N) is 1. The monoisotopic (exact) mass is 374 g/mol. The van der Waals surface area contributed by atoms with Gasteiger partial charge in [0.25, 0.3) is 10.0 Å². The first-order chi connectivity index (χ1) is 9.83. The molecule has 0 atom stereocenters. The third kappa shape index (κ3) is 3.45. The minimum Gasteiger partial charge on any atom is -0.497 e. The van der Waals surface area contributed by atoms with Gasteiger partial charge in [-0.05, 0) is 46.3 Å². The zero-order valence-corrected chi connectivity index (χ0v) is 13.3. The van der Waals surface area contributed by atoms with E-state index < -0.39 is 15.8 Å². The summed E-state index contributed by atoms with van der Waals surface area (Å²) in [5, 5.41) is 0. The molecule has 3 N–H and O–H groups in total. The lowest BCUT2D eigenvalue weighted by atomic mass is 10.3. The molecule has 0 saturated carbocycles. The Morgan fingerprint density at radius 1 is 1.24 bits per heavy atom. The van der Waals surface area contributed by atoms with Gasteiger partial charge in [0.1, 0.15) is 16.5 Å². The van der Waals surface area contributed by atoms with Crippen molar-refractivity contribution in [1.82, 2.24) is 0 Å². The average molecular weight is 375 g/mol. The maximum absolute atomic E-state index is 13.4. The van der Waals surface area contributed by atoms with Crippen molar-refractivity contribution in [3.63, 3.8) is 0 Å². The molecule has 0 aliphatic carbocycles. The van der Waals surface area contributed by atoms with E-state index in [-0.39, 0.29) is 20.7 Å². The number of halogens is 2. The Balaban J connectivity index is 2.36. The predicted octanol–water partition coefficient (Wildman–Crippen LogP) is 2.98. The normalized spacial score (nSPS) is 11.2. The van der Waals surface area contributed by atoms with Crippen molar-refractivity contribution < 1.29 is 17.5 Å². The number of anilines is 2. The maximum Gasteiger partial charge on any atom is 0.263 e. The van der Waals surface area contributed by atoms with Crippen LogP contribution in [0.15, 0.2) is 45.8 Å². The van der Waals surface area contributed by atoms with Crippen LogP contribution < -0.4 is 15.2 Å². The van der Waals surface area contributed by atoms with Crippen molar-refractivity contribution in [3.8, 4) is 5.75 Å². The average Bonchev–Trinajstić information content (AvgIpc) is 2.42. The van der Waals surface area contributed by atoms with Crippen LogP contribution in [-0.4, -0.2) is 15.5 Å². The fourth-order valence-electron chi connectivity index (χ4n) is 1.67. The van der Waals surface area contributed by atoms with Gasteiger partial charge < -0.3 is 10.5 Å². The number of benzene rings is 2. The number of nitrogen functional groups attached to an aromatic ring is 1. The number of hydrogen-bond donors (Lipinski definition) is 2. The zero-order chi connectivity index (χ0) is 15.6. The van der Waals surface area contributed by atoms with Gasteiger partial charge in [0.2, 0.25) is 0 Å². The molecule has 0 spiro atoms. The summed E-state index contributed by atoms with van der Waals surface area (Å²) in [6, 6.07) is 8.12. The Kier molecular flexibility index (Phi) is 4.38. The second kappa shape index (κ2) is 5.90. The molecule has 21 heavy (non-hydrogen) atoms. The van der Waals surface area contributed by atoms with Crippen molar-refractivity contribution in [2.75, 3.05) is 17.6 Å². The Hall–Kier alpha value is -1.80. The molecule has 0 heterocycles. The molecule has 2 rings (SSSR count). The quantitative estimate of drug-likeness (QED) is 0.806. The van der Waals surface area contributed by atoms with Crippen molar-refractivity contribution in [2.24, 2.45) is 0 Å². The Bertz CT molecular complexity index is 781. The lowest BCUT2D eigenvalue weighted by molar-refractivity contribution is 0.414. The van der Waals surface area contributed by atoms with Gasteiger partial charge in [-0.25, -0.2) is 12.8 Å². The van der Waals surface area contributed by atoms with Gasteiger partial charge in [0.05, 0.1) is 23.0 Å². The molecular formula is C13H12BrFN2O3S. The molecule has 0 aromatic heterocycles. The molecule has 0 amide bonds. The lowest BCUT2D eigenvalue weighted by Gasteiger charge is -2.11. The molecule has 0 fully saturated rings. The summed E-state index contributed by atoms with van der Waals surface area (Å²) in [5.74, 6) is -0.126. The molecule has 0 aliphatic heterocycles. The first-order valence-corrected chi connectivity index (χ1v) is 8.02. The molecule has 0 bridgehead atoms. The molecule has 5 nitrogen and oxygen atoms in total. The number of ether oxygens (including phenoxy) is 1. The van der Waals surface area contributed by atoms with Crippen LogP contribution >= 0.6 is 15.9 Å². The minimum atomic E-state index is -3.91.